The molecule has 0 aromatic heterocycles. The van der Waals surface area contributed by atoms with Crippen LogP contribution in [-0.4, -0.2) is 51.4 Å². The minimum Gasteiger partial charge on any atom is -0.495 e. The summed E-state index contributed by atoms with van der Waals surface area (Å²) in [7, 11) is -2.90. The molecule has 43 heavy (non-hydrogen) atoms. The molecule has 0 radical (unpaired) electrons. The topological polar surface area (TPSA) is 96.0 Å². The van der Waals surface area contributed by atoms with Crippen molar-refractivity contribution in [3.8, 4) is 5.75 Å². The zero-order valence-electron chi connectivity index (χ0n) is 24.7. The van der Waals surface area contributed by atoms with E-state index >= 15 is 0 Å². The number of sulfonamides is 1. The molecule has 12 heteroatoms. The second-order valence-corrected chi connectivity index (χ2v) is 13.6. The maximum atomic E-state index is 14.2. The molecule has 0 aliphatic heterocycles. The first-order valence-electron chi connectivity index (χ1n) is 13.7. The lowest BCUT2D eigenvalue weighted by molar-refractivity contribution is -0.140. The van der Waals surface area contributed by atoms with E-state index in [1.54, 1.807) is 43.3 Å². The fraction of sp³-hybridized carbons (Fsp3) is 0.355. The number of hydrogen-bond donors (Lipinski definition) is 1. The van der Waals surface area contributed by atoms with E-state index in [2.05, 4.69) is 5.32 Å². The second kappa shape index (κ2) is 15.1. The second-order valence-electron chi connectivity index (χ2n) is 10.5. The van der Waals surface area contributed by atoms with E-state index in [1.165, 1.54) is 36.3 Å². The number of halogens is 3. The first-order valence-corrected chi connectivity index (χ1v) is 16.3. The van der Waals surface area contributed by atoms with Gasteiger partial charge in [-0.1, -0.05) is 79.3 Å². The number of methoxy groups -OCH3 is 1. The Kier molecular flexibility index (Phi) is 12.2. The molecule has 0 spiro atoms. The molecule has 8 nitrogen and oxygen atoms in total. The van der Waals surface area contributed by atoms with Crippen molar-refractivity contribution in [3.63, 3.8) is 0 Å². The van der Waals surface area contributed by atoms with Gasteiger partial charge in [-0.15, -0.1) is 0 Å². The molecule has 1 N–H and O–H groups in total. The third-order valence-electron chi connectivity index (χ3n) is 6.70. The van der Waals surface area contributed by atoms with Crippen LogP contribution >= 0.6 is 34.8 Å². The summed E-state index contributed by atoms with van der Waals surface area (Å²) in [6.45, 7) is 7.32. The number of ether oxygens (including phenoxy) is 1. The Morgan fingerprint density at radius 3 is 2.21 bits per heavy atom. The summed E-state index contributed by atoms with van der Waals surface area (Å²) in [5.41, 5.74) is 1.56. The van der Waals surface area contributed by atoms with Gasteiger partial charge in [-0.25, -0.2) is 8.42 Å². The van der Waals surface area contributed by atoms with Crippen LogP contribution in [0.25, 0.3) is 0 Å². The maximum Gasteiger partial charge on any atom is 0.264 e. The molecule has 0 saturated heterocycles. The predicted molar refractivity (Wildman–Crippen MR) is 173 cm³/mol. The number of nitrogens with one attached hydrogen (secondary N) is 1. The van der Waals surface area contributed by atoms with Crippen LogP contribution in [0.5, 0.6) is 5.75 Å². The van der Waals surface area contributed by atoms with Gasteiger partial charge in [-0.2, -0.15) is 0 Å². The molecular formula is C31H36Cl3N3O5S. The van der Waals surface area contributed by atoms with E-state index in [-0.39, 0.29) is 51.2 Å². The van der Waals surface area contributed by atoms with Crippen LogP contribution in [0.2, 0.25) is 15.1 Å². The average Bonchev–Trinajstić information content (AvgIpc) is 2.96. The third-order valence-corrected chi connectivity index (χ3v) is 9.45. The van der Waals surface area contributed by atoms with Gasteiger partial charge >= 0.3 is 0 Å². The van der Waals surface area contributed by atoms with Crippen molar-refractivity contribution in [3.05, 3.63) is 86.9 Å². The Hall–Kier alpha value is -2.98. The van der Waals surface area contributed by atoms with Crippen molar-refractivity contribution >= 4 is 62.3 Å². The van der Waals surface area contributed by atoms with Crippen LogP contribution in [0.4, 0.5) is 5.69 Å². The summed E-state index contributed by atoms with van der Waals surface area (Å²) < 4.78 is 34.7. The lowest BCUT2D eigenvalue weighted by atomic mass is 10.1. The molecule has 3 rings (SSSR count). The average molecular weight is 669 g/mol. The monoisotopic (exact) mass is 667 g/mol. The molecule has 0 aliphatic carbocycles. The number of anilines is 1. The van der Waals surface area contributed by atoms with Crippen LogP contribution in [0.3, 0.4) is 0 Å². The van der Waals surface area contributed by atoms with Crippen LogP contribution in [0.1, 0.15) is 38.3 Å². The fourth-order valence-electron chi connectivity index (χ4n) is 4.39. The molecule has 0 heterocycles. The molecule has 0 unspecified atom stereocenters. The number of benzene rings is 3. The highest BCUT2D eigenvalue weighted by atomic mass is 35.5. The van der Waals surface area contributed by atoms with E-state index in [0.717, 1.165) is 9.87 Å². The summed E-state index contributed by atoms with van der Waals surface area (Å²) >= 11 is 18.7. The minimum absolute atomic E-state index is 0.0194. The maximum absolute atomic E-state index is 14.2. The normalized spacial score (nSPS) is 12.1. The number of amides is 2. The fourth-order valence-corrected chi connectivity index (χ4v) is 6.29. The van der Waals surface area contributed by atoms with E-state index in [9.17, 15) is 18.0 Å². The largest absolute Gasteiger partial charge is 0.495 e. The minimum atomic E-state index is -4.30. The van der Waals surface area contributed by atoms with Gasteiger partial charge in [-0.3, -0.25) is 13.9 Å². The van der Waals surface area contributed by atoms with Crippen LogP contribution in [-0.2, 0) is 26.2 Å². The summed E-state index contributed by atoms with van der Waals surface area (Å²) in [4.78, 5) is 29.0. The Balaban J connectivity index is 2.13. The predicted octanol–water partition coefficient (Wildman–Crippen LogP) is 6.74. The standard InChI is InChI=1S/C31H36Cl3N3O5S/c1-6-27(31(39)35-17-20(2)3)36(18-22-9-13-25(33)26(34)15-22)30(38)19-37(28-16-23(32)10-14-29(28)42-5)43(40,41)24-11-7-21(4)8-12-24/h7-16,20,27H,6,17-19H2,1-5H3,(H,35,39)/t27-/m1/s1. The van der Waals surface area contributed by atoms with Gasteiger partial charge in [0.15, 0.2) is 0 Å². The molecule has 0 aliphatic rings. The van der Waals surface area contributed by atoms with Crippen molar-refractivity contribution in [2.75, 3.05) is 24.5 Å². The molecule has 0 saturated carbocycles. The van der Waals surface area contributed by atoms with Gasteiger partial charge in [0.2, 0.25) is 11.8 Å². The molecule has 3 aromatic carbocycles. The zero-order valence-corrected chi connectivity index (χ0v) is 27.8. The van der Waals surface area contributed by atoms with Crippen molar-refractivity contribution in [1.82, 2.24) is 10.2 Å². The summed E-state index contributed by atoms with van der Waals surface area (Å²) in [5.74, 6) is -0.579. The van der Waals surface area contributed by atoms with Crippen molar-refractivity contribution in [1.29, 1.82) is 0 Å². The van der Waals surface area contributed by atoms with Crippen molar-refractivity contribution < 1.29 is 22.7 Å². The Morgan fingerprint density at radius 1 is 0.953 bits per heavy atom. The van der Waals surface area contributed by atoms with E-state index in [4.69, 9.17) is 39.5 Å². The number of nitrogens with zero attached hydrogens (tertiary/aromatic N) is 2. The number of rotatable bonds is 13. The van der Waals surface area contributed by atoms with Gasteiger partial charge in [0.25, 0.3) is 10.0 Å². The molecule has 3 aromatic rings. The molecule has 232 valence electrons. The first-order chi connectivity index (χ1) is 20.3. The quantitative estimate of drug-likeness (QED) is 0.218. The summed E-state index contributed by atoms with van der Waals surface area (Å²) in [6.07, 6.45) is 0.280. The Morgan fingerprint density at radius 2 is 1.63 bits per heavy atom. The highest BCUT2D eigenvalue weighted by molar-refractivity contribution is 7.92. The van der Waals surface area contributed by atoms with E-state index in [0.29, 0.717) is 17.1 Å². The van der Waals surface area contributed by atoms with Gasteiger partial charge in [-0.05, 0) is 67.3 Å². The van der Waals surface area contributed by atoms with Gasteiger partial charge in [0.1, 0.15) is 18.3 Å². The Bertz CT molecular complexity index is 1550. The lowest BCUT2D eigenvalue weighted by Crippen LogP contribution is -2.52. The molecule has 0 fully saturated rings. The van der Waals surface area contributed by atoms with Gasteiger partial charge in [0, 0.05) is 18.1 Å². The Labute approximate surface area is 268 Å². The van der Waals surface area contributed by atoms with Crippen molar-refractivity contribution in [2.24, 2.45) is 5.92 Å². The summed E-state index contributed by atoms with van der Waals surface area (Å²) in [6, 6.07) is 14.8. The van der Waals surface area contributed by atoms with Crippen LogP contribution in [0.15, 0.2) is 65.6 Å². The zero-order chi connectivity index (χ0) is 31.9. The smallest absolute Gasteiger partial charge is 0.264 e. The van der Waals surface area contributed by atoms with Crippen LogP contribution < -0.4 is 14.4 Å². The summed E-state index contributed by atoms with van der Waals surface area (Å²) in [5, 5.41) is 3.78. The molecule has 1 atom stereocenters. The third kappa shape index (κ3) is 8.79. The van der Waals surface area contributed by atoms with Crippen molar-refractivity contribution in [2.45, 2.75) is 51.6 Å². The number of aryl methyl sites for hydroxylation is 1. The van der Waals surface area contributed by atoms with Crippen LogP contribution in [0, 0.1) is 12.8 Å². The van der Waals surface area contributed by atoms with Gasteiger partial charge in [0.05, 0.1) is 27.7 Å². The lowest BCUT2D eigenvalue weighted by Gasteiger charge is -2.33. The SMILES string of the molecule is CC[C@H](C(=O)NCC(C)C)N(Cc1ccc(Cl)c(Cl)c1)C(=O)CN(c1cc(Cl)ccc1OC)S(=O)(=O)c1ccc(C)cc1. The highest BCUT2D eigenvalue weighted by Crippen LogP contribution is 2.35. The first kappa shape index (κ1) is 34.5. The van der Waals surface area contributed by atoms with E-state index in [1.807, 2.05) is 20.8 Å². The number of carbonyl (C=O) groups is 2. The molecular weight excluding hydrogens is 633 g/mol. The number of hydrogen-bond acceptors (Lipinski definition) is 5. The van der Waals surface area contributed by atoms with E-state index < -0.39 is 28.5 Å². The number of carbonyl (C=O) groups excluding carboxylic acids is 2. The molecule has 0 bridgehead atoms. The highest BCUT2D eigenvalue weighted by Gasteiger charge is 2.35. The van der Waals surface area contributed by atoms with Gasteiger partial charge < -0.3 is 15.0 Å². The molecule has 2 amide bonds.